The number of nitrogens with one attached hydrogen (secondary N) is 3. The second-order valence-electron chi connectivity index (χ2n) is 7.88. The van der Waals surface area contributed by atoms with E-state index in [2.05, 4.69) is 15.4 Å². The first-order chi connectivity index (χ1) is 14.2. The van der Waals surface area contributed by atoms with Gasteiger partial charge in [0.05, 0.1) is 5.02 Å². The van der Waals surface area contributed by atoms with Gasteiger partial charge in [-0.3, -0.25) is 0 Å². The number of carbonyl (C=O) groups excluding carboxylic acids is 1. The number of hydrogen-bond acceptors (Lipinski definition) is 4. The Morgan fingerprint density at radius 3 is 2.67 bits per heavy atom. The van der Waals surface area contributed by atoms with E-state index in [9.17, 15) is 13.2 Å². The van der Waals surface area contributed by atoms with E-state index in [-0.39, 0.29) is 28.5 Å². The van der Waals surface area contributed by atoms with Crippen LogP contribution >= 0.6 is 23.2 Å². The van der Waals surface area contributed by atoms with Crippen molar-refractivity contribution in [1.82, 2.24) is 20.3 Å². The Hall–Kier alpha value is -1.06. The predicted octanol–water partition coefficient (Wildman–Crippen LogP) is 3.61. The number of sulfonamides is 1. The topological polar surface area (TPSA) is 90.5 Å². The fraction of sp³-hybridized carbons (Fsp3) is 0.650. The monoisotopic (exact) mass is 478 g/mol. The third-order valence-corrected chi connectivity index (χ3v) is 7.06. The highest BCUT2D eigenvalue weighted by Gasteiger charge is 2.21. The first-order valence-corrected chi connectivity index (χ1v) is 12.7. The maximum atomic E-state index is 12.6. The average Bonchev–Trinajstić information content (AvgIpc) is 2.66. The zero-order valence-electron chi connectivity index (χ0n) is 17.6. The van der Waals surface area contributed by atoms with Crippen molar-refractivity contribution in [2.75, 3.05) is 26.2 Å². The van der Waals surface area contributed by atoms with Crippen LogP contribution in [0.25, 0.3) is 0 Å². The van der Waals surface area contributed by atoms with E-state index < -0.39 is 10.0 Å². The Morgan fingerprint density at radius 1 is 1.27 bits per heavy atom. The summed E-state index contributed by atoms with van der Waals surface area (Å²) in [6.45, 7) is 6.35. The summed E-state index contributed by atoms with van der Waals surface area (Å²) in [5.74, 6) is 0. The second kappa shape index (κ2) is 12.1. The van der Waals surface area contributed by atoms with Gasteiger partial charge in [-0.1, -0.05) is 29.6 Å². The minimum atomic E-state index is -3.71. The SMILES string of the molecule is CC(C)NC(=O)N(CCCCNS(=O)(=O)c1ccc(Cl)cc1Cl)CC1CCCCN1. The van der Waals surface area contributed by atoms with Gasteiger partial charge in [0, 0.05) is 36.7 Å². The summed E-state index contributed by atoms with van der Waals surface area (Å²) in [7, 11) is -3.71. The van der Waals surface area contributed by atoms with E-state index >= 15 is 0 Å². The minimum Gasteiger partial charge on any atom is -0.336 e. The molecule has 1 aliphatic heterocycles. The molecule has 0 saturated carbocycles. The van der Waals surface area contributed by atoms with Crippen LogP contribution in [-0.2, 0) is 10.0 Å². The Morgan fingerprint density at radius 2 is 2.03 bits per heavy atom. The summed E-state index contributed by atoms with van der Waals surface area (Å²) in [6, 6.07) is 4.58. The van der Waals surface area contributed by atoms with Gasteiger partial charge in [-0.15, -0.1) is 0 Å². The molecule has 1 fully saturated rings. The smallest absolute Gasteiger partial charge is 0.317 e. The fourth-order valence-electron chi connectivity index (χ4n) is 3.36. The minimum absolute atomic E-state index is 0.00915. The van der Waals surface area contributed by atoms with Crippen LogP contribution in [0.15, 0.2) is 23.1 Å². The van der Waals surface area contributed by atoms with Crippen molar-refractivity contribution < 1.29 is 13.2 Å². The zero-order chi connectivity index (χ0) is 22.1. The van der Waals surface area contributed by atoms with Gasteiger partial charge in [0.2, 0.25) is 10.0 Å². The molecule has 30 heavy (non-hydrogen) atoms. The molecule has 1 aromatic carbocycles. The van der Waals surface area contributed by atoms with Gasteiger partial charge >= 0.3 is 6.03 Å². The normalized spacial score (nSPS) is 17.2. The molecule has 10 heteroatoms. The number of benzene rings is 1. The van der Waals surface area contributed by atoms with Crippen LogP contribution in [0.2, 0.25) is 10.0 Å². The van der Waals surface area contributed by atoms with Gasteiger partial charge in [0.1, 0.15) is 4.90 Å². The number of carbonyl (C=O) groups is 1. The number of halogens is 2. The molecule has 1 aliphatic rings. The largest absolute Gasteiger partial charge is 0.336 e. The Labute approximate surface area is 189 Å². The van der Waals surface area contributed by atoms with Crippen molar-refractivity contribution in [2.24, 2.45) is 0 Å². The molecule has 0 bridgehead atoms. The molecule has 1 atom stereocenters. The van der Waals surface area contributed by atoms with Crippen molar-refractivity contribution in [3.63, 3.8) is 0 Å². The van der Waals surface area contributed by atoms with Crippen LogP contribution in [0, 0.1) is 0 Å². The first kappa shape index (κ1) is 25.2. The summed E-state index contributed by atoms with van der Waals surface area (Å²) < 4.78 is 27.4. The van der Waals surface area contributed by atoms with E-state index in [1.54, 1.807) is 0 Å². The zero-order valence-corrected chi connectivity index (χ0v) is 19.9. The molecule has 1 aromatic rings. The van der Waals surface area contributed by atoms with E-state index in [4.69, 9.17) is 23.2 Å². The van der Waals surface area contributed by atoms with E-state index in [1.807, 2.05) is 18.7 Å². The molecule has 1 unspecified atom stereocenters. The molecule has 0 radical (unpaired) electrons. The van der Waals surface area contributed by atoms with Gasteiger partial charge in [0.25, 0.3) is 0 Å². The lowest BCUT2D eigenvalue weighted by atomic mass is 10.0. The van der Waals surface area contributed by atoms with Crippen molar-refractivity contribution in [2.45, 2.75) is 62.9 Å². The molecule has 0 aliphatic carbocycles. The number of urea groups is 1. The molecule has 3 N–H and O–H groups in total. The summed E-state index contributed by atoms with van der Waals surface area (Å²) in [5.41, 5.74) is 0. The quantitative estimate of drug-likeness (QED) is 0.447. The molecule has 2 amide bonds. The van der Waals surface area contributed by atoms with Crippen molar-refractivity contribution in [3.05, 3.63) is 28.2 Å². The second-order valence-corrected chi connectivity index (χ2v) is 10.5. The molecule has 0 aromatic heterocycles. The summed E-state index contributed by atoms with van der Waals surface area (Å²) in [5, 5.41) is 6.89. The van der Waals surface area contributed by atoms with Gasteiger partial charge in [0.15, 0.2) is 0 Å². The molecular formula is C20H32Cl2N4O3S. The molecule has 7 nitrogen and oxygen atoms in total. The number of amides is 2. The van der Waals surface area contributed by atoms with Crippen LogP contribution < -0.4 is 15.4 Å². The highest BCUT2D eigenvalue weighted by atomic mass is 35.5. The first-order valence-electron chi connectivity index (χ1n) is 10.4. The maximum Gasteiger partial charge on any atom is 0.317 e. The lowest BCUT2D eigenvalue weighted by molar-refractivity contribution is 0.183. The average molecular weight is 479 g/mol. The summed E-state index contributed by atoms with van der Waals surface area (Å²) in [6.07, 6.45) is 4.70. The Balaban J connectivity index is 1.83. The number of rotatable bonds is 10. The lowest BCUT2D eigenvalue weighted by Crippen LogP contribution is -2.50. The van der Waals surface area contributed by atoms with Gasteiger partial charge in [-0.25, -0.2) is 17.9 Å². The van der Waals surface area contributed by atoms with E-state index in [0.717, 1.165) is 13.0 Å². The van der Waals surface area contributed by atoms with Crippen molar-refractivity contribution in [3.8, 4) is 0 Å². The van der Waals surface area contributed by atoms with Crippen molar-refractivity contribution in [1.29, 1.82) is 0 Å². The summed E-state index contributed by atoms with van der Waals surface area (Å²) in [4.78, 5) is 14.4. The number of nitrogens with zero attached hydrogens (tertiary/aromatic N) is 1. The maximum absolute atomic E-state index is 12.6. The Kier molecular flexibility index (Phi) is 10.2. The lowest BCUT2D eigenvalue weighted by Gasteiger charge is -2.31. The fourth-order valence-corrected chi connectivity index (χ4v) is 5.21. The van der Waals surface area contributed by atoms with Crippen LogP contribution in [-0.4, -0.2) is 57.6 Å². The number of unbranched alkanes of at least 4 members (excludes halogenated alkanes) is 1. The molecule has 1 saturated heterocycles. The molecule has 1 heterocycles. The number of piperidine rings is 1. The highest BCUT2D eigenvalue weighted by Crippen LogP contribution is 2.24. The van der Waals surface area contributed by atoms with Crippen LogP contribution in [0.1, 0.15) is 46.0 Å². The molecule has 0 spiro atoms. The Bertz CT molecular complexity index is 799. The third kappa shape index (κ3) is 8.23. The third-order valence-electron chi connectivity index (χ3n) is 4.88. The van der Waals surface area contributed by atoms with Crippen LogP contribution in [0.3, 0.4) is 0 Å². The molecular weight excluding hydrogens is 447 g/mol. The highest BCUT2D eigenvalue weighted by molar-refractivity contribution is 7.89. The van der Waals surface area contributed by atoms with Gasteiger partial charge in [-0.2, -0.15) is 0 Å². The molecule has 170 valence electrons. The number of hydrogen-bond donors (Lipinski definition) is 3. The van der Waals surface area contributed by atoms with E-state index in [1.165, 1.54) is 31.0 Å². The van der Waals surface area contributed by atoms with Gasteiger partial charge < -0.3 is 15.5 Å². The van der Waals surface area contributed by atoms with Crippen LogP contribution in [0.4, 0.5) is 4.79 Å². The molecule has 2 rings (SSSR count). The van der Waals surface area contributed by atoms with Crippen molar-refractivity contribution >= 4 is 39.3 Å². The predicted molar refractivity (Wildman–Crippen MR) is 122 cm³/mol. The summed E-state index contributed by atoms with van der Waals surface area (Å²) >= 11 is 11.8. The van der Waals surface area contributed by atoms with E-state index in [0.29, 0.717) is 37.0 Å². The van der Waals surface area contributed by atoms with Crippen LogP contribution in [0.5, 0.6) is 0 Å². The van der Waals surface area contributed by atoms with Gasteiger partial charge in [-0.05, 0) is 64.3 Å². The standard InChI is InChI=1S/C20H32Cl2N4O3S/c1-15(2)25-20(27)26(14-17-7-3-4-10-23-17)12-6-5-11-24-30(28,29)19-9-8-16(21)13-18(19)22/h8-9,13,15,17,23-24H,3-7,10-12,14H2,1-2H3,(H,25,27).